The largest absolute Gasteiger partial charge is 0.508 e. The summed E-state index contributed by atoms with van der Waals surface area (Å²) in [5.41, 5.74) is 0.942. The lowest BCUT2D eigenvalue weighted by Gasteiger charge is -1.90. The molecule has 1 N–H and O–H groups in total. The predicted octanol–water partition coefficient (Wildman–Crippen LogP) is 2.90. The maximum absolute atomic E-state index is 11.2. The first-order valence-corrected chi connectivity index (χ1v) is 4.52. The van der Waals surface area contributed by atoms with Crippen LogP contribution in [-0.4, -0.2) is 10.9 Å². The smallest absolute Gasteiger partial charge is 0.182 e. The van der Waals surface area contributed by atoms with Crippen LogP contribution in [-0.2, 0) is 4.79 Å². The summed E-state index contributed by atoms with van der Waals surface area (Å²) in [7, 11) is 0. The second kappa shape index (κ2) is 5.60. The summed E-state index contributed by atoms with van der Waals surface area (Å²) < 4.78 is 0. The maximum atomic E-state index is 11.2. The van der Waals surface area contributed by atoms with E-state index in [0.717, 1.165) is 11.6 Å². The number of carbonyl (C=O) groups excluding carboxylic acids is 1. The number of ketones is 1. The summed E-state index contributed by atoms with van der Waals surface area (Å²) in [6.45, 7) is 3.34. The van der Waals surface area contributed by atoms with Crippen molar-refractivity contribution in [2.24, 2.45) is 0 Å². The van der Waals surface area contributed by atoms with Crippen molar-refractivity contribution >= 4 is 11.9 Å². The molecule has 0 saturated carbocycles. The van der Waals surface area contributed by atoms with Gasteiger partial charge in [-0.25, -0.2) is 0 Å². The van der Waals surface area contributed by atoms with Crippen molar-refractivity contribution < 1.29 is 9.90 Å². The second-order valence-electron chi connectivity index (χ2n) is 2.92. The Morgan fingerprint density at radius 3 is 2.53 bits per heavy atom. The fourth-order valence-electron chi connectivity index (χ4n) is 0.995. The van der Waals surface area contributed by atoms with Crippen molar-refractivity contribution in [2.75, 3.05) is 0 Å². The molecule has 0 radical (unpaired) electrons. The summed E-state index contributed by atoms with van der Waals surface area (Å²) in [5, 5.41) is 9.01. The van der Waals surface area contributed by atoms with E-state index in [1.807, 2.05) is 30.3 Å². The van der Waals surface area contributed by atoms with Gasteiger partial charge in [0, 0.05) is 6.08 Å². The van der Waals surface area contributed by atoms with Gasteiger partial charge in [0.15, 0.2) is 5.78 Å². The predicted molar refractivity (Wildman–Crippen MR) is 61.4 cm³/mol. The molecule has 0 aliphatic rings. The van der Waals surface area contributed by atoms with E-state index >= 15 is 0 Å². The van der Waals surface area contributed by atoms with E-state index in [1.165, 1.54) is 12.2 Å². The molecule has 1 aromatic carbocycles. The first kappa shape index (κ1) is 11.0. The van der Waals surface area contributed by atoms with Crippen LogP contribution in [0.2, 0.25) is 0 Å². The van der Waals surface area contributed by atoms with Gasteiger partial charge in [0.1, 0.15) is 5.76 Å². The Balaban J connectivity index is 2.67. The topological polar surface area (TPSA) is 37.3 Å². The Morgan fingerprint density at radius 1 is 1.27 bits per heavy atom. The van der Waals surface area contributed by atoms with E-state index in [0.29, 0.717) is 0 Å². The Labute approximate surface area is 88.9 Å². The van der Waals surface area contributed by atoms with Gasteiger partial charge in [-0.2, -0.15) is 0 Å². The Morgan fingerprint density at radius 2 is 1.93 bits per heavy atom. The fourth-order valence-corrected chi connectivity index (χ4v) is 0.995. The first-order valence-electron chi connectivity index (χ1n) is 4.52. The molecule has 0 bridgehead atoms. The number of allylic oxidation sites excluding steroid dienone is 3. The summed E-state index contributed by atoms with van der Waals surface area (Å²) >= 11 is 0. The van der Waals surface area contributed by atoms with Crippen molar-refractivity contribution in [3.63, 3.8) is 0 Å². The van der Waals surface area contributed by atoms with Crippen molar-refractivity contribution in [1.82, 2.24) is 0 Å². The standard InChI is InChI=1S/C13H12O2/c1-2-12(14)10-13(15)9-8-11-6-4-3-5-7-11/h2-10,14H,1H2. The third-order valence-electron chi connectivity index (χ3n) is 1.74. The van der Waals surface area contributed by atoms with Crippen molar-refractivity contribution in [1.29, 1.82) is 0 Å². The van der Waals surface area contributed by atoms with Crippen LogP contribution in [0.25, 0.3) is 6.08 Å². The molecular formula is C13H12O2. The number of hydrogen-bond donors (Lipinski definition) is 1. The van der Waals surface area contributed by atoms with Gasteiger partial charge in [0.05, 0.1) is 0 Å². The molecule has 0 amide bonds. The highest BCUT2D eigenvalue weighted by Crippen LogP contribution is 2.01. The maximum Gasteiger partial charge on any atom is 0.182 e. The fraction of sp³-hybridized carbons (Fsp3) is 0. The Kier molecular flexibility index (Phi) is 4.10. The second-order valence-corrected chi connectivity index (χ2v) is 2.92. The van der Waals surface area contributed by atoms with Crippen LogP contribution < -0.4 is 0 Å². The van der Waals surface area contributed by atoms with Gasteiger partial charge in [-0.15, -0.1) is 0 Å². The number of carbonyl (C=O) groups is 1. The molecule has 0 aromatic heterocycles. The average molecular weight is 200 g/mol. The summed E-state index contributed by atoms with van der Waals surface area (Å²) in [6.07, 6.45) is 5.42. The van der Waals surface area contributed by atoms with Crippen LogP contribution in [0.5, 0.6) is 0 Å². The lowest BCUT2D eigenvalue weighted by Crippen LogP contribution is -1.87. The minimum absolute atomic E-state index is 0.127. The Hall–Kier alpha value is -2.09. The summed E-state index contributed by atoms with van der Waals surface area (Å²) in [4.78, 5) is 11.2. The number of benzene rings is 1. The number of aliphatic hydroxyl groups is 1. The zero-order valence-electron chi connectivity index (χ0n) is 8.26. The quantitative estimate of drug-likeness (QED) is 0.461. The molecule has 0 unspecified atom stereocenters. The van der Waals surface area contributed by atoms with Gasteiger partial charge < -0.3 is 5.11 Å². The van der Waals surface area contributed by atoms with E-state index in [1.54, 1.807) is 6.08 Å². The molecule has 0 fully saturated rings. The normalized spacial score (nSPS) is 11.6. The van der Waals surface area contributed by atoms with Crippen LogP contribution in [0.3, 0.4) is 0 Å². The highest BCUT2D eigenvalue weighted by Gasteiger charge is 1.92. The molecule has 0 atom stereocenters. The van der Waals surface area contributed by atoms with Gasteiger partial charge in [-0.05, 0) is 17.7 Å². The molecule has 1 rings (SSSR count). The molecule has 15 heavy (non-hydrogen) atoms. The molecule has 2 heteroatoms. The van der Waals surface area contributed by atoms with Gasteiger partial charge >= 0.3 is 0 Å². The minimum atomic E-state index is -0.267. The van der Waals surface area contributed by atoms with Crippen LogP contribution >= 0.6 is 0 Å². The monoisotopic (exact) mass is 200 g/mol. The molecule has 76 valence electrons. The van der Waals surface area contributed by atoms with E-state index in [-0.39, 0.29) is 11.5 Å². The van der Waals surface area contributed by atoms with Gasteiger partial charge in [-0.3, -0.25) is 4.79 Å². The molecule has 0 aliphatic heterocycles. The summed E-state index contributed by atoms with van der Waals surface area (Å²) in [5.74, 6) is -0.394. The number of aliphatic hydroxyl groups excluding tert-OH is 1. The van der Waals surface area contributed by atoms with Crippen molar-refractivity contribution in [3.05, 3.63) is 66.5 Å². The molecular weight excluding hydrogens is 188 g/mol. The summed E-state index contributed by atoms with van der Waals surface area (Å²) in [6, 6.07) is 9.46. The highest BCUT2D eigenvalue weighted by atomic mass is 16.3. The first-order chi connectivity index (χ1) is 7.22. The highest BCUT2D eigenvalue weighted by molar-refractivity contribution is 6.02. The molecule has 0 spiro atoms. The molecule has 0 heterocycles. The SMILES string of the molecule is C=CC(O)=CC(=O)C=Cc1ccccc1. The van der Waals surface area contributed by atoms with Crippen LogP contribution in [0.1, 0.15) is 5.56 Å². The van der Waals surface area contributed by atoms with Crippen LogP contribution in [0, 0.1) is 0 Å². The van der Waals surface area contributed by atoms with E-state index < -0.39 is 0 Å². The van der Waals surface area contributed by atoms with Gasteiger partial charge in [0.25, 0.3) is 0 Å². The van der Waals surface area contributed by atoms with E-state index in [9.17, 15) is 4.79 Å². The van der Waals surface area contributed by atoms with Gasteiger partial charge in [-0.1, -0.05) is 43.0 Å². The lowest BCUT2D eigenvalue weighted by atomic mass is 10.2. The zero-order valence-corrected chi connectivity index (χ0v) is 8.26. The molecule has 0 saturated heterocycles. The number of hydrogen-bond acceptors (Lipinski definition) is 2. The zero-order chi connectivity index (χ0) is 11.1. The lowest BCUT2D eigenvalue weighted by molar-refractivity contribution is -0.110. The van der Waals surface area contributed by atoms with Crippen LogP contribution in [0.15, 0.2) is 60.9 Å². The number of rotatable bonds is 4. The molecule has 2 nitrogen and oxygen atoms in total. The molecule has 1 aromatic rings. The Bertz CT molecular complexity index is 400. The minimum Gasteiger partial charge on any atom is -0.508 e. The average Bonchev–Trinajstić information content (AvgIpc) is 2.27. The van der Waals surface area contributed by atoms with Gasteiger partial charge in [0.2, 0.25) is 0 Å². The van der Waals surface area contributed by atoms with E-state index in [4.69, 9.17) is 5.11 Å². The van der Waals surface area contributed by atoms with Crippen molar-refractivity contribution in [3.8, 4) is 0 Å². The van der Waals surface area contributed by atoms with Crippen LogP contribution in [0.4, 0.5) is 0 Å². The molecule has 0 aliphatic carbocycles. The third kappa shape index (κ3) is 4.09. The third-order valence-corrected chi connectivity index (χ3v) is 1.74. The van der Waals surface area contributed by atoms with Crippen molar-refractivity contribution in [2.45, 2.75) is 0 Å². The van der Waals surface area contributed by atoms with E-state index in [2.05, 4.69) is 6.58 Å².